The van der Waals surface area contributed by atoms with Crippen LogP contribution in [0, 0.1) is 0 Å². The van der Waals surface area contributed by atoms with Gasteiger partial charge in [0.05, 0.1) is 22.1 Å². The molecule has 0 spiro atoms. The molecule has 0 fully saturated rings. The maximum absolute atomic E-state index is 12.9. The molecule has 0 aliphatic rings. The molecular formula is C23H29N7O3S. The number of rotatable bonds is 10. The van der Waals surface area contributed by atoms with Crippen molar-refractivity contribution in [3.8, 4) is 0 Å². The lowest BCUT2D eigenvalue weighted by molar-refractivity contribution is -0.116. The van der Waals surface area contributed by atoms with Crippen molar-refractivity contribution in [2.24, 2.45) is 0 Å². The molecule has 3 aromatic heterocycles. The van der Waals surface area contributed by atoms with Gasteiger partial charge in [0.1, 0.15) is 11.6 Å². The van der Waals surface area contributed by atoms with Crippen molar-refractivity contribution in [2.75, 3.05) is 18.4 Å². The average molecular weight is 484 g/mol. The zero-order valence-electron chi connectivity index (χ0n) is 19.6. The van der Waals surface area contributed by atoms with Gasteiger partial charge in [0, 0.05) is 44.7 Å². The van der Waals surface area contributed by atoms with E-state index in [1.165, 1.54) is 4.31 Å². The number of fused-ring (bicyclic) bond motifs is 2. The van der Waals surface area contributed by atoms with Gasteiger partial charge in [-0.05, 0) is 30.7 Å². The van der Waals surface area contributed by atoms with Gasteiger partial charge >= 0.3 is 0 Å². The molecule has 1 amide bonds. The molecule has 0 saturated heterocycles. The van der Waals surface area contributed by atoms with Crippen LogP contribution in [0.5, 0.6) is 0 Å². The summed E-state index contributed by atoms with van der Waals surface area (Å²) in [7, 11) is -3.58. The predicted molar refractivity (Wildman–Crippen MR) is 130 cm³/mol. The summed E-state index contributed by atoms with van der Waals surface area (Å²) < 4.78 is 31.0. The van der Waals surface area contributed by atoms with Crippen molar-refractivity contribution >= 4 is 38.4 Å². The van der Waals surface area contributed by atoms with E-state index in [0.717, 1.165) is 24.3 Å². The highest BCUT2D eigenvalue weighted by molar-refractivity contribution is 7.89. The number of benzene rings is 1. The van der Waals surface area contributed by atoms with Crippen LogP contribution in [0.2, 0.25) is 0 Å². The highest BCUT2D eigenvalue weighted by Gasteiger charge is 2.23. The highest BCUT2D eigenvalue weighted by atomic mass is 32.2. The summed E-state index contributed by atoms with van der Waals surface area (Å²) in [6.07, 6.45) is 4.78. The Labute approximate surface area is 198 Å². The van der Waals surface area contributed by atoms with Crippen LogP contribution in [-0.2, 0) is 27.8 Å². The Kier molecular flexibility index (Phi) is 6.94. The molecule has 1 N–H and O–H groups in total. The molecule has 0 saturated carbocycles. The molecule has 4 rings (SSSR count). The number of anilines is 1. The summed E-state index contributed by atoms with van der Waals surface area (Å²) in [5.41, 5.74) is 2.13. The van der Waals surface area contributed by atoms with E-state index < -0.39 is 10.0 Å². The number of amides is 1. The van der Waals surface area contributed by atoms with E-state index in [2.05, 4.69) is 26.9 Å². The van der Waals surface area contributed by atoms with Crippen molar-refractivity contribution in [1.29, 1.82) is 0 Å². The van der Waals surface area contributed by atoms with E-state index in [4.69, 9.17) is 4.98 Å². The van der Waals surface area contributed by atoms with Crippen LogP contribution in [0.3, 0.4) is 0 Å². The lowest BCUT2D eigenvalue weighted by Gasteiger charge is -2.18. The quantitative estimate of drug-likeness (QED) is 0.371. The van der Waals surface area contributed by atoms with Gasteiger partial charge in [0.25, 0.3) is 0 Å². The lowest BCUT2D eigenvalue weighted by atomic mass is 10.2. The first-order valence-electron chi connectivity index (χ1n) is 11.5. The second kappa shape index (κ2) is 9.90. The topological polar surface area (TPSA) is 114 Å². The summed E-state index contributed by atoms with van der Waals surface area (Å²) in [6, 6.07) is 8.53. The van der Waals surface area contributed by atoms with Crippen LogP contribution in [0.4, 0.5) is 5.82 Å². The fourth-order valence-electron chi connectivity index (χ4n) is 4.06. The maximum Gasteiger partial charge on any atom is 0.243 e. The number of carbonyl (C=O) groups excluding carboxylic acids is 1. The van der Waals surface area contributed by atoms with E-state index in [1.54, 1.807) is 41.2 Å². The first-order chi connectivity index (χ1) is 16.4. The SMILES string of the molecule is CCCn1c(CCC(=O)Nc2ccnc3ccnn23)nc2cc(S(=O)(=O)N(CC)CC)ccc21. The van der Waals surface area contributed by atoms with E-state index in [9.17, 15) is 13.2 Å². The number of nitrogens with one attached hydrogen (secondary N) is 1. The number of carbonyl (C=O) groups is 1. The van der Waals surface area contributed by atoms with Gasteiger partial charge in [0.2, 0.25) is 15.9 Å². The Morgan fingerprint density at radius 3 is 2.62 bits per heavy atom. The molecular weight excluding hydrogens is 454 g/mol. The molecule has 34 heavy (non-hydrogen) atoms. The third-order valence-electron chi connectivity index (χ3n) is 5.72. The minimum absolute atomic E-state index is 0.164. The number of nitrogens with zero attached hydrogens (tertiary/aromatic N) is 6. The molecule has 180 valence electrons. The number of hydrogen-bond donors (Lipinski definition) is 1. The monoisotopic (exact) mass is 483 g/mol. The Morgan fingerprint density at radius 2 is 1.88 bits per heavy atom. The summed E-state index contributed by atoms with van der Waals surface area (Å²) in [5, 5.41) is 7.06. The largest absolute Gasteiger partial charge is 0.328 e. The second-order valence-electron chi connectivity index (χ2n) is 7.90. The van der Waals surface area contributed by atoms with E-state index in [0.29, 0.717) is 36.5 Å². The molecule has 0 bridgehead atoms. The number of aromatic nitrogens is 5. The van der Waals surface area contributed by atoms with Gasteiger partial charge in [0.15, 0.2) is 5.65 Å². The molecule has 0 unspecified atom stereocenters. The molecule has 4 aromatic rings. The third-order valence-corrected chi connectivity index (χ3v) is 7.77. The number of aryl methyl sites for hydroxylation is 2. The summed E-state index contributed by atoms with van der Waals surface area (Å²) in [4.78, 5) is 21.8. The molecule has 10 nitrogen and oxygen atoms in total. The predicted octanol–water partition coefficient (Wildman–Crippen LogP) is 3.09. The molecule has 11 heteroatoms. The van der Waals surface area contributed by atoms with Crippen molar-refractivity contribution < 1.29 is 13.2 Å². The van der Waals surface area contributed by atoms with E-state index in [1.807, 2.05) is 19.9 Å². The average Bonchev–Trinajstić information content (AvgIpc) is 3.44. The van der Waals surface area contributed by atoms with E-state index in [-0.39, 0.29) is 17.2 Å². The normalized spacial score (nSPS) is 12.1. The Balaban J connectivity index is 1.57. The van der Waals surface area contributed by atoms with Crippen molar-refractivity contribution in [1.82, 2.24) is 28.5 Å². The third kappa shape index (κ3) is 4.53. The minimum atomic E-state index is -3.58. The summed E-state index contributed by atoms with van der Waals surface area (Å²) in [6.45, 7) is 7.26. The lowest BCUT2D eigenvalue weighted by Crippen LogP contribution is -2.30. The zero-order chi connectivity index (χ0) is 24.3. The highest BCUT2D eigenvalue weighted by Crippen LogP contribution is 2.24. The number of sulfonamides is 1. The summed E-state index contributed by atoms with van der Waals surface area (Å²) >= 11 is 0. The van der Waals surface area contributed by atoms with Crippen LogP contribution in [0.25, 0.3) is 16.7 Å². The van der Waals surface area contributed by atoms with Gasteiger partial charge in [-0.2, -0.15) is 13.9 Å². The fraction of sp³-hybridized carbons (Fsp3) is 0.391. The van der Waals surface area contributed by atoms with Gasteiger partial charge in [-0.15, -0.1) is 0 Å². The van der Waals surface area contributed by atoms with Crippen molar-refractivity contribution in [3.05, 3.63) is 48.5 Å². The van der Waals surface area contributed by atoms with Gasteiger partial charge in [-0.25, -0.2) is 18.4 Å². The molecule has 3 heterocycles. The first-order valence-corrected chi connectivity index (χ1v) is 12.9. The molecule has 0 aliphatic heterocycles. The van der Waals surface area contributed by atoms with Crippen LogP contribution >= 0.6 is 0 Å². The standard InChI is InChI=1S/C23H29N7O3S/c1-4-15-29-19-8-7-17(34(32,33)28(5-2)6-3)16-18(19)26-21(29)9-10-23(31)27-22-11-13-24-20-12-14-25-30(20)22/h7-8,11-14,16H,4-6,9-10,15H2,1-3H3,(H,27,31). The van der Waals surface area contributed by atoms with Crippen molar-refractivity contribution in [3.63, 3.8) is 0 Å². The van der Waals surface area contributed by atoms with E-state index >= 15 is 0 Å². The van der Waals surface area contributed by atoms with Crippen LogP contribution < -0.4 is 5.32 Å². The Morgan fingerprint density at radius 1 is 1.09 bits per heavy atom. The van der Waals surface area contributed by atoms with Crippen LogP contribution in [0.15, 0.2) is 47.6 Å². The smallest absolute Gasteiger partial charge is 0.243 e. The molecule has 0 radical (unpaired) electrons. The summed E-state index contributed by atoms with van der Waals surface area (Å²) in [5.74, 6) is 1.14. The van der Waals surface area contributed by atoms with Crippen molar-refractivity contribution in [2.45, 2.75) is 51.5 Å². The van der Waals surface area contributed by atoms with Crippen LogP contribution in [-0.4, -0.2) is 55.9 Å². The second-order valence-corrected chi connectivity index (χ2v) is 9.84. The zero-order valence-corrected chi connectivity index (χ0v) is 20.4. The minimum Gasteiger partial charge on any atom is -0.328 e. The first kappa shape index (κ1) is 23.8. The molecule has 0 atom stereocenters. The number of hydrogen-bond acceptors (Lipinski definition) is 6. The van der Waals surface area contributed by atoms with Crippen LogP contribution in [0.1, 0.15) is 39.4 Å². The molecule has 1 aromatic carbocycles. The number of imidazole rings is 1. The van der Waals surface area contributed by atoms with Gasteiger partial charge in [-0.3, -0.25) is 4.79 Å². The molecule has 0 aliphatic carbocycles. The Bertz CT molecular complexity index is 1420. The fourth-order valence-corrected chi connectivity index (χ4v) is 5.53. The van der Waals surface area contributed by atoms with Gasteiger partial charge in [-0.1, -0.05) is 20.8 Å². The van der Waals surface area contributed by atoms with Gasteiger partial charge < -0.3 is 9.88 Å². The maximum atomic E-state index is 12.9. The Hall–Kier alpha value is -3.31.